The van der Waals surface area contributed by atoms with Crippen molar-refractivity contribution in [3.05, 3.63) is 41.4 Å². The van der Waals surface area contributed by atoms with Gasteiger partial charge in [0, 0.05) is 0 Å². The summed E-state index contributed by atoms with van der Waals surface area (Å²) < 4.78 is 24.5. The van der Waals surface area contributed by atoms with Crippen molar-refractivity contribution < 1.29 is 8.42 Å². The van der Waals surface area contributed by atoms with Crippen LogP contribution >= 0.6 is 11.6 Å². The van der Waals surface area contributed by atoms with Gasteiger partial charge in [0.25, 0.3) is 0 Å². The number of para-hydroxylation sites is 1. The molecule has 0 aromatic heterocycles. The predicted octanol–water partition coefficient (Wildman–Crippen LogP) is 2.68. The van der Waals surface area contributed by atoms with Gasteiger partial charge in [0.2, 0.25) is 10.0 Å². The first-order valence-electron chi connectivity index (χ1n) is 4.80. The quantitative estimate of drug-likeness (QED) is 0.780. The molecule has 0 unspecified atom stereocenters. The average Bonchev–Trinajstić information content (AvgIpc) is 2.19. The molecule has 0 saturated carbocycles. The summed E-state index contributed by atoms with van der Waals surface area (Å²) in [6, 6.07) is 6.88. The Labute approximate surface area is 101 Å². The molecule has 1 rings (SSSR count). The van der Waals surface area contributed by atoms with E-state index < -0.39 is 10.0 Å². The maximum absolute atomic E-state index is 11.6. The van der Waals surface area contributed by atoms with Gasteiger partial charge in [0.15, 0.2) is 0 Å². The molecule has 0 N–H and O–H groups in total. The van der Waals surface area contributed by atoms with Crippen molar-refractivity contribution in [2.45, 2.75) is 6.92 Å². The van der Waals surface area contributed by atoms with Gasteiger partial charge in [-0.05, 0) is 19.1 Å². The van der Waals surface area contributed by atoms with Crippen LogP contribution in [0.3, 0.4) is 0 Å². The van der Waals surface area contributed by atoms with Gasteiger partial charge < -0.3 is 0 Å². The van der Waals surface area contributed by atoms with Gasteiger partial charge in [-0.25, -0.2) is 8.42 Å². The van der Waals surface area contributed by atoms with E-state index in [-0.39, 0.29) is 0 Å². The minimum Gasteiger partial charge on any atom is -0.265 e. The van der Waals surface area contributed by atoms with Crippen LogP contribution in [-0.4, -0.2) is 21.2 Å². The third-order valence-electron chi connectivity index (χ3n) is 2.03. The molecule has 0 radical (unpaired) electrons. The summed E-state index contributed by atoms with van der Waals surface area (Å²) in [6.07, 6.45) is 4.74. The highest BCUT2D eigenvalue weighted by Crippen LogP contribution is 2.26. The highest BCUT2D eigenvalue weighted by Gasteiger charge is 2.17. The summed E-state index contributed by atoms with van der Waals surface area (Å²) in [7, 11) is -3.32. The van der Waals surface area contributed by atoms with Gasteiger partial charge >= 0.3 is 0 Å². The minimum absolute atomic E-state index is 0.291. The SMILES string of the molecule is C/C=C/CN(c1ccccc1Cl)S(C)(=O)=O. The van der Waals surface area contributed by atoms with Crippen LogP contribution in [0.5, 0.6) is 0 Å². The van der Waals surface area contributed by atoms with Crippen LogP contribution in [0, 0.1) is 0 Å². The average molecular weight is 260 g/mol. The lowest BCUT2D eigenvalue weighted by molar-refractivity contribution is 0.598. The first kappa shape index (κ1) is 13.1. The molecule has 0 amide bonds. The molecule has 16 heavy (non-hydrogen) atoms. The number of sulfonamides is 1. The van der Waals surface area contributed by atoms with Crippen LogP contribution in [0.4, 0.5) is 5.69 Å². The van der Waals surface area contributed by atoms with Crippen molar-refractivity contribution >= 4 is 27.3 Å². The third-order valence-corrected chi connectivity index (χ3v) is 3.49. The molecule has 5 heteroatoms. The first-order chi connectivity index (χ1) is 7.46. The Morgan fingerprint density at radius 3 is 2.50 bits per heavy atom. The smallest absolute Gasteiger partial charge is 0.232 e. The van der Waals surface area contributed by atoms with E-state index in [1.165, 1.54) is 10.6 Å². The van der Waals surface area contributed by atoms with Gasteiger partial charge in [0.05, 0.1) is 23.5 Å². The molecule has 0 aliphatic rings. The summed E-state index contributed by atoms with van der Waals surface area (Å²) in [6.45, 7) is 2.13. The van der Waals surface area contributed by atoms with E-state index >= 15 is 0 Å². The van der Waals surface area contributed by atoms with Gasteiger partial charge in [-0.15, -0.1) is 0 Å². The topological polar surface area (TPSA) is 37.4 Å². The number of hydrogen-bond donors (Lipinski definition) is 0. The molecule has 1 aromatic rings. The highest BCUT2D eigenvalue weighted by atomic mass is 35.5. The zero-order valence-corrected chi connectivity index (χ0v) is 10.8. The van der Waals surface area contributed by atoms with Crippen LogP contribution in [0.25, 0.3) is 0 Å². The Morgan fingerprint density at radius 2 is 2.00 bits per heavy atom. The molecule has 3 nitrogen and oxygen atoms in total. The zero-order valence-electron chi connectivity index (χ0n) is 9.22. The lowest BCUT2D eigenvalue weighted by atomic mass is 10.3. The lowest BCUT2D eigenvalue weighted by Crippen LogP contribution is -2.30. The van der Waals surface area contributed by atoms with Crippen molar-refractivity contribution in [1.29, 1.82) is 0 Å². The van der Waals surface area contributed by atoms with E-state index in [9.17, 15) is 8.42 Å². The fourth-order valence-corrected chi connectivity index (χ4v) is 2.43. The van der Waals surface area contributed by atoms with E-state index in [1.807, 2.05) is 6.92 Å². The fraction of sp³-hybridized carbons (Fsp3) is 0.273. The van der Waals surface area contributed by atoms with Crippen molar-refractivity contribution in [2.24, 2.45) is 0 Å². The molecule has 0 spiro atoms. The monoisotopic (exact) mass is 259 g/mol. The fourth-order valence-electron chi connectivity index (χ4n) is 1.27. The number of halogens is 1. The number of anilines is 1. The second-order valence-electron chi connectivity index (χ2n) is 3.31. The molecule has 1 aromatic carbocycles. The Balaban J connectivity index is 3.17. The van der Waals surface area contributed by atoms with Crippen LogP contribution in [0.1, 0.15) is 6.92 Å². The normalized spacial score (nSPS) is 11.9. The Morgan fingerprint density at radius 1 is 1.38 bits per heavy atom. The number of nitrogens with zero attached hydrogens (tertiary/aromatic N) is 1. The third kappa shape index (κ3) is 3.25. The van der Waals surface area contributed by atoms with Crippen LogP contribution in [0.15, 0.2) is 36.4 Å². The Hall–Kier alpha value is -1.00. The zero-order chi connectivity index (χ0) is 12.2. The highest BCUT2D eigenvalue weighted by molar-refractivity contribution is 7.92. The Kier molecular flexibility index (Phi) is 4.38. The molecule has 0 heterocycles. The van der Waals surface area contributed by atoms with Gasteiger partial charge in [-0.2, -0.15) is 0 Å². The van der Waals surface area contributed by atoms with Crippen molar-refractivity contribution in [2.75, 3.05) is 17.1 Å². The maximum Gasteiger partial charge on any atom is 0.232 e. The van der Waals surface area contributed by atoms with Crippen molar-refractivity contribution in [3.8, 4) is 0 Å². The van der Waals surface area contributed by atoms with Gasteiger partial charge in [-0.1, -0.05) is 35.9 Å². The molecule has 0 aliphatic carbocycles. The number of benzene rings is 1. The van der Waals surface area contributed by atoms with E-state index in [0.29, 0.717) is 17.3 Å². The molecule has 0 fully saturated rings. The van der Waals surface area contributed by atoms with E-state index in [1.54, 1.807) is 36.4 Å². The summed E-state index contributed by atoms with van der Waals surface area (Å²) >= 11 is 5.97. The largest absolute Gasteiger partial charge is 0.265 e. The number of hydrogen-bond acceptors (Lipinski definition) is 2. The second-order valence-corrected chi connectivity index (χ2v) is 5.63. The standard InChI is InChI=1S/C11H14ClNO2S/c1-3-4-9-13(16(2,14)15)11-8-6-5-7-10(11)12/h3-8H,9H2,1-2H3/b4-3+. The summed E-state index contributed by atoms with van der Waals surface area (Å²) in [5, 5.41) is 0.428. The van der Waals surface area contributed by atoms with Crippen molar-refractivity contribution in [1.82, 2.24) is 0 Å². The van der Waals surface area contributed by atoms with Gasteiger partial charge in [0.1, 0.15) is 0 Å². The molecule has 88 valence electrons. The van der Waals surface area contributed by atoms with Crippen LogP contribution in [0.2, 0.25) is 5.02 Å². The summed E-state index contributed by atoms with van der Waals surface area (Å²) in [4.78, 5) is 0. The minimum atomic E-state index is -3.32. The first-order valence-corrected chi connectivity index (χ1v) is 7.03. The predicted molar refractivity (Wildman–Crippen MR) is 68.5 cm³/mol. The molecule has 0 aliphatic heterocycles. The molecular formula is C11H14ClNO2S. The van der Waals surface area contributed by atoms with Gasteiger partial charge in [-0.3, -0.25) is 4.31 Å². The lowest BCUT2D eigenvalue weighted by Gasteiger charge is -2.21. The number of rotatable bonds is 4. The Bertz CT molecular complexity index is 483. The summed E-state index contributed by atoms with van der Waals surface area (Å²) in [5.74, 6) is 0. The van der Waals surface area contributed by atoms with Crippen LogP contribution in [-0.2, 0) is 10.0 Å². The van der Waals surface area contributed by atoms with Crippen molar-refractivity contribution in [3.63, 3.8) is 0 Å². The molecule has 0 saturated heterocycles. The van der Waals surface area contributed by atoms with E-state index in [0.717, 1.165) is 0 Å². The van der Waals surface area contributed by atoms with E-state index in [4.69, 9.17) is 11.6 Å². The molecule has 0 bridgehead atoms. The number of allylic oxidation sites excluding steroid dienone is 1. The summed E-state index contributed by atoms with van der Waals surface area (Å²) in [5.41, 5.74) is 0.504. The molecule has 0 atom stereocenters. The van der Waals surface area contributed by atoms with Crippen LogP contribution < -0.4 is 4.31 Å². The van der Waals surface area contributed by atoms with E-state index in [2.05, 4.69) is 0 Å². The second kappa shape index (κ2) is 5.37. The maximum atomic E-state index is 11.6. The molecular weight excluding hydrogens is 246 g/mol.